The molecular weight excluding hydrogens is 1090 g/mol. The largest absolute Gasteiger partial charge is 1.00 e. The molecule has 0 saturated heterocycles. The Balaban J connectivity index is 0.00000100. The van der Waals surface area contributed by atoms with Crippen LogP contribution in [0.2, 0.25) is 0 Å². The summed E-state index contributed by atoms with van der Waals surface area (Å²) in [4.78, 5) is 8.24. The first-order chi connectivity index (χ1) is 34.1. The Morgan fingerprint density at radius 1 is 0.468 bits per heavy atom. The highest BCUT2D eigenvalue weighted by molar-refractivity contribution is 6.54. The topological polar surface area (TPSA) is 191 Å². The number of hydrogen-bond donors (Lipinski definition) is 4. The van der Waals surface area contributed by atoms with Gasteiger partial charge in [0.25, 0.3) is 11.4 Å². The summed E-state index contributed by atoms with van der Waals surface area (Å²) in [6.07, 6.45) is 3.71. The van der Waals surface area contributed by atoms with Crippen molar-refractivity contribution in [3.05, 3.63) is 177 Å². The Hall–Kier alpha value is -6.35. The number of H-pyrrole nitrogens is 2. The molecule has 77 heavy (non-hydrogen) atoms. The number of rotatable bonds is 12. The normalized spacial score (nSPS) is 17.6. The van der Waals surface area contributed by atoms with E-state index in [4.69, 9.17) is 0 Å². The van der Waals surface area contributed by atoms with E-state index in [1.54, 1.807) is 0 Å². The summed E-state index contributed by atoms with van der Waals surface area (Å²) in [6, 6.07) is 21.6. The Bertz CT molecular complexity index is 2600. The second-order valence-electron chi connectivity index (χ2n) is 16.5. The molecule has 2 aromatic carbocycles. The molecule has 6 heterocycles. The summed E-state index contributed by atoms with van der Waals surface area (Å²) in [5.74, 6) is -14.4. The fourth-order valence-corrected chi connectivity index (χ4v) is 7.74. The zero-order valence-corrected chi connectivity index (χ0v) is 43.9. The first-order valence-corrected chi connectivity index (χ1v) is 22.9. The van der Waals surface area contributed by atoms with Crippen molar-refractivity contribution in [1.82, 2.24) is 9.97 Å². The molecule has 0 bridgehead atoms. The van der Waals surface area contributed by atoms with Gasteiger partial charge in [-0.2, -0.15) is 17.6 Å². The maximum Gasteiger partial charge on any atom is 0.726 e. The highest BCUT2D eigenvalue weighted by Gasteiger charge is 2.44. The van der Waals surface area contributed by atoms with Gasteiger partial charge in [-0.05, 0) is 41.5 Å². The molecule has 8 rings (SSSR count). The van der Waals surface area contributed by atoms with Gasteiger partial charge in [0.15, 0.2) is 34.8 Å². The lowest BCUT2D eigenvalue weighted by atomic mass is 10.1. The standard InChI is InChI=1S/2C13H22N.2C11H4BF6N2O2.2ClH.3H2O/c2*1-4-14(5-2,6-3)12-13-10-8-7-9-11-13;2*13-4-2-19-10(8(4)15)6-1-7(22-12(17,18)21-6)11-9(16)5(14)3-20-11;;;;;/h2*7-11H,4-6,12H2,1-3H3;2*1-3,19H;2*1H;3*1H2/q2*+1;2*-1;;;;;/b;;2*11-7-;;;;;. The number of nitrogens with one attached hydrogen (secondary N) is 4. The minimum Gasteiger partial charge on any atom is -1.00 e. The first kappa shape index (κ1) is 70.6. The van der Waals surface area contributed by atoms with Crippen molar-refractivity contribution in [3.63, 3.8) is 0 Å². The summed E-state index contributed by atoms with van der Waals surface area (Å²) < 4.78 is 178. The lowest BCUT2D eigenvalue weighted by Gasteiger charge is -2.35. The molecule has 13 nitrogen and oxygen atoms in total. The van der Waals surface area contributed by atoms with E-state index in [0.717, 1.165) is 0 Å². The van der Waals surface area contributed by atoms with E-state index in [1.807, 2.05) is 0 Å². The molecule has 0 fully saturated rings. The van der Waals surface area contributed by atoms with Gasteiger partial charge in [-0.1, -0.05) is 60.7 Å². The van der Waals surface area contributed by atoms with E-state index in [9.17, 15) is 52.4 Å². The number of aromatic amines is 2. The smallest absolute Gasteiger partial charge is 0.726 e. The van der Waals surface area contributed by atoms with E-state index < -0.39 is 107 Å². The van der Waals surface area contributed by atoms with Gasteiger partial charge in [-0.3, -0.25) is 0 Å². The molecule has 0 saturated carbocycles. The molecule has 0 radical (unpaired) electrons. The lowest BCUT2D eigenvalue weighted by Crippen LogP contribution is -3.00. The summed E-state index contributed by atoms with van der Waals surface area (Å²) >= 11 is 0. The zero-order valence-electron chi connectivity index (χ0n) is 42.4. The fourth-order valence-electron chi connectivity index (χ4n) is 7.74. The molecule has 4 aliphatic heterocycles. The molecule has 0 aliphatic carbocycles. The quantitative estimate of drug-likeness (QED) is 0.0930. The number of aromatic nitrogens is 2. The predicted molar refractivity (Wildman–Crippen MR) is 259 cm³/mol. The maximum absolute atomic E-state index is 13.5. The highest BCUT2D eigenvalue weighted by atomic mass is 35.5. The lowest BCUT2D eigenvalue weighted by molar-refractivity contribution is -0.936. The third kappa shape index (κ3) is 17.8. The van der Waals surface area contributed by atoms with Gasteiger partial charge in [0.2, 0.25) is 35.7 Å². The minimum absolute atomic E-state index is 0. The van der Waals surface area contributed by atoms with Crippen molar-refractivity contribution in [2.24, 2.45) is 0 Å². The van der Waals surface area contributed by atoms with Gasteiger partial charge in [0.05, 0.1) is 39.3 Å². The molecule has 428 valence electrons. The van der Waals surface area contributed by atoms with Crippen LogP contribution >= 0.6 is 0 Å². The van der Waals surface area contributed by atoms with Crippen molar-refractivity contribution in [1.29, 1.82) is 0 Å². The Kier molecular flexibility index (Phi) is 28.0. The SMILES string of the molecule is CC[N+](CC)(CC)Cc1ccccc1.CC[N+](CC)(CC)Cc1ccccc1.FC1=C(F)/C(=C2\C=C(c3[nH]cc(F)c3F)O[B-](F)(F)O2)[NH+]=C1.FC1=C(F)/C(=C2\C=C(c3[nH]cc(F)c3F)O[B-](F)(F)O2)[NH+]=C1.O.O.O.[Cl-].[Cl-]. The average molecular weight is 1150 g/mol. The van der Waals surface area contributed by atoms with Gasteiger partial charge < -0.3 is 96.1 Å². The molecule has 2 aromatic heterocycles. The van der Waals surface area contributed by atoms with E-state index in [0.29, 0.717) is 37.0 Å². The monoisotopic (exact) mass is 1150 g/mol. The molecule has 0 amide bonds. The van der Waals surface area contributed by atoms with E-state index in [2.05, 4.69) is 141 Å². The molecule has 10 N–H and O–H groups in total. The van der Waals surface area contributed by atoms with Crippen LogP contribution in [0.4, 0.5) is 52.4 Å². The van der Waals surface area contributed by atoms with E-state index >= 15 is 0 Å². The Morgan fingerprint density at radius 2 is 0.766 bits per heavy atom. The molecule has 0 unspecified atom stereocenters. The summed E-state index contributed by atoms with van der Waals surface area (Å²) in [5.41, 5.74) is 0.0512. The summed E-state index contributed by atoms with van der Waals surface area (Å²) in [5, 5.41) is 0. The third-order valence-electron chi connectivity index (χ3n) is 12.4. The first-order valence-electron chi connectivity index (χ1n) is 22.9. The Labute approximate surface area is 449 Å². The van der Waals surface area contributed by atoms with Crippen LogP contribution in [0.5, 0.6) is 0 Å². The molecular formula is C48H60B2Cl2F12N6O7. The number of halogens is 14. The molecule has 4 aromatic rings. The summed E-state index contributed by atoms with van der Waals surface area (Å²) in [6.45, 7) is 23.4. The Morgan fingerprint density at radius 3 is 1.00 bits per heavy atom. The molecule has 0 atom stereocenters. The predicted octanol–water partition coefficient (Wildman–Crippen LogP) is 0.825. The van der Waals surface area contributed by atoms with Crippen molar-refractivity contribution in [2.75, 3.05) is 39.3 Å². The van der Waals surface area contributed by atoms with Crippen LogP contribution in [0, 0.1) is 23.3 Å². The van der Waals surface area contributed by atoms with Gasteiger partial charge in [-0.25, -0.2) is 27.5 Å². The second kappa shape index (κ2) is 30.6. The second-order valence-corrected chi connectivity index (χ2v) is 16.5. The van der Waals surface area contributed by atoms with Gasteiger partial charge in [0.1, 0.15) is 36.0 Å². The van der Waals surface area contributed by atoms with Crippen LogP contribution in [-0.4, -0.2) is 101 Å². The van der Waals surface area contributed by atoms with E-state index in [1.165, 1.54) is 72.5 Å². The maximum atomic E-state index is 13.5. The van der Waals surface area contributed by atoms with Crippen molar-refractivity contribution in [3.8, 4) is 0 Å². The van der Waals surface area contributed by atoms with Crippen LogP contribution < -0.4 is 34.8 Å². The van der Waals surface area contributed by atoms with Crippen molar-refractivity contribution in [2.45, 2.75) is 54.6 Å². The van der Waals surface area contributed by atoms with Crippen molar-refractivity contribution >= 4 is 38.2 Å². The molecule has 4 aliphatic rings. The van der Waals surface area contributed by atoms with Gasteiger partial charge in [-0.15, -0.1) is 0 Å². The number of quaternary nitrogens is 2. The van der Waals surface area contributed by atoms with Crippen LogP contribution in [0.3, 0.4) is 0 Å². The van der Waals surface area contributed by atoms with Crippen LogP contribution in [0.1, 0.15) is 64.1 Å². The van der Waals surface area contributed by atoms with Gasteiger partial charge in [0, 0.05) is 35.7 Å². The minimum atomic E-state index is -4.98. The number of benzene rings is 2. The number of nitrogens with zero attached hydrogens (tertiary/aromatic N) is 2. The molecule has 0 spiro atoms. The highest BCUT2D eigenvalue weighted by Crippen LogP contribution is 2.36. The van der Waals surface area contributed by atoms with Crippen LogP contribution in [0.25, 0.3) is 11.5 Å². The molecule has 29 heteroatoms. The van der Waals surface area contributed by atoms with Gasteiger partial charge >= 0.3 is 14.2 Å². The third-order valence-corrected chi connectivity index (χ3v) is 12.4. The number of hydrogen-bond acceptors (Lipinski definition) is 4. The zero-order chi connectivity index (χ0) is 53.0. The average Bonchev–Trinajstić information content (AvgIpc) is 4.11. The van der Waals surface area contributed by atoms with Crippen LogP contribution in [0.15, 0.2) is 131 Å². The fraction of sp³-hybridized carbons (Fsp3) is 0.292. The van der Waals surface area contributed by atoms with E-state index in [-0.39, 0.29) is 41.2 Å². The van der Waals surface area contributed by atoms with Crippen molar-refractivity contribution < 1.29 is 131 Å². The van der Waals surface area contributed by atoms with Crippen LogP contribution in [-0.2, 0) is 31.7 Å². The number of allylic oxidation sites excluding steroid dienone is 6. The summed E-state index contributed by atoms with van der Waals surface area (Å²) in [7, 11) is -9.97.